The number of nitrogens with one attached hydrogen (secondary N) is 1. The highest BCUT2D eigenvalue weighted by atomic mass is 15.3. The zero-order valence-corrected chi connectivity index (χ0v) is 10.5. The Labute approximate surface area is 97.2 Å². The fourth-order valence-corrected chi connectivity index (χ4v) is 2.20. The quantitative estimate of drug-likeness (QED) is 0.580. The first-order chi connectivity index (χ1) is 7.59. The Morgan fingerprint density at radius 2 is 2.31 bits per heavy atom. The highest BCUT2D eigenvalue weighted by molar-refractivity contribution is 5.14. The van der Waals surface area contributed by atoms with E-state index in [9.17, 15) is 0 Å². The van der Waals surface area contributed by atoms with Crippen LogP contribution in [0.1, 0.15) is 38.1 Å². The van der Waals surface area contributed by atoms with Gasteiger partial charge < -0.3 is 0 Å². The summed E-state index contributed by atoms with van der Waals surface area (Å²) in [5.74, 6) is 5.66. The Morgan fingerprint density at radius 1 is 1.62 bits per heavy atom. The minimum atomic E-state index is 0.368. The van der Waals surface area contributed by atoms with Crippen molar-refractivity contribution >= 4 is 0 Å². The number of nitrogens with two attached hydrogens (primary N) is 1. The van der Waals surface area contributed by atoms with Crippen molar-refractivity contribution in [1.82, 2.24) is 15.2 Å². The largest absolute Gasteiger partial charge is 0.272 e. The minimum absolute atomic E-state index is 0.368. The molecule has 1 atom stereocenters. The van der Waals surface area contributed by atoms with E-state index in [1.165, 1.54) is 18.5 Å². The lowest BCUT2D eigenvalue weighted by Crippen LogP contribution is -2.42. The monoisotopic (exact) mass is 222 g/mol. The third-order valence-corrected chi connectivity index (χ3v) is 3.88. The second-order valence-electron chi connectivity index (χ2n) is 5.18. The lowest BCUT2D eigenvalue weighted by atomic mass is 9.95. The van der Waals surface area contributed by atoms with Crippen LogP contribution in [0.5, 0.6) is 0 Å². The fraction of sp³-hybridized carbons (Fsp3) is 0.750. The van der Waals surface area contributed by atoms with Gasteiger partial charge in [-0.3, -0.25) is 16.0 Å². The molecule has 4 heteroatoms. The summed E-state index contributed by atoms with van der Waals surface area (Å²) >= 11 is 0. The molecule has 1 aromatic heterocycles. The van der Waals surface area contributed by atoms with Crippen LogP contribution in [0.3, 0.4) is 0 Å². The molecule has 1 aromatic rings. The number of rotatable bonds is 5. The summed E-state index contributed by atoms with van der Waals surface area (Å²) in [6, 6.07) is 2.56. The maximum Gasteiger partial charge on any atom is 0.0624 e. The van der Waals surface area contributed by atoms with Gasteiger partial charge in [0.2, 0.25) is 0 Å². The molecule has 0 aliphatic heterocycles. The molecule has 1 saturated carbocycles. The average molecular weight is 222 g/mol. The van der Waals surface area contributed by atoms with Crippen molar-refractivity contribution in [2.45, 2.75) is 45.6 Å². The van der Waals surface area contributed by atoms with E-state index in [1.807, 2.05) is 11.7 Å². The van der Waals surface area contributed by atoms with Gasteiger partial charge in [-0.1, -0.05) is 13.8 Å². The van der Waals surface area contributed by atoms with Gasteiger partial charge >= 0.3 is 0 Å². The zero-order valence-electron chi connectivity index (χ0n) is 10.5. The van der Waals surface area contributed by atoms with Crippen molar-refractivity contribution in [1.29, 1.82) is 0 Å². The van der Waals surface area contributed by atoms with Gasteiger partial charge in [0.05, 0.1) is 5.69 Å². The summed E-state index contributed by atoms with van der Waals surface area (Å²) in [6.07, 6.45) is 4.52. The van der Waals surface area contributed by atoms with Crippen molar-refractivity contribution in [2.75, 3.05) is 0 Å². The molecule has 1 unspecified atom stereocenters. The van der Waals surface area contributed by atoms with Crippen LogP contribution in [-0.4, -0.2) is 15.8 Å². The molecule has 0 radical (unpaired) electrons. The van der Waals surface area contributed by atoms with Crippen molar-refractivity contribution < 1.29 is 0 Å². The molecule has 3 N–H and O–H groups in total. The van der Waals surface area contributed by atoms with Gasteiger partial charge in [-0.25, -0.2) is 0 Å². The molecule has 1 heterocycles. The van der Waals surface area contributed by atoms with E-state index in [2.05, 4.69) is 30.4 Å². The Balaban J connectivity index is 2.09. The summed E-state index contributed by atoms with van der Waals surface area (Å²) in [6.45, 7) is 4.43. The Hall–Kier alpha value is -0.870. The summed E-state index contributed by atoms with van der Waals surface area (Å²) in [5, 5.41) is 4.47. The normalized spacial score (nSPS) is 19.8. The standard InChI is InChI=1S/C12H22N4/c1-4-9-7-10(16(3)15-9)8-11(14-13)12(2)5-6-12/h7,11,14H,4-6,8,13H2,1-3H3. The van der Waals surface area contributed by atoms with Crippen LogP contribution >= 0.6 is 0 Å². The second kappa shape index (κ2) is 4.18. The zero-order chi connectivity index (χ0) is 11.8. The van der Waals surface area contributed by atoms with Crippen molar-refractivity contribution in [3.63, 3.8) is 0 Å². The second-order valence-corrected chi connectivity index (χ2v) is 5.18. The fourth-order valence-electron chi connectivity index (χ4n) is 2.20. The number of nitrogens with zero attached hydrogens (tertiary/aromatic N) is 2. The van der Waals surface area contributed by atoms with E-state index in [1.54, 1.807) is 0 Å². The molecule has 1 fully saturated rings. The van der Waals surface area contributed by atoms with Gasteiger partial charge in [-0.05, 0) is 30.7 Å². The third kappa shape index (κ3) is 2.13. The van der Waals surface area contributed by atoms with Gasteiger partial charge in [0, 0.05) is 25.2 Å². The maximum absolute atomic E-state index is 5.66. The summed E-state index contributed by atoms with van der Waals surface area (Å²) in [5.41, 5.74) is 5.79. The summed E-state index contributed by atoms with van der Waals surface area (Å²) < 4.78 is 1.98. The van der Waals surface area contributed by atoms with E-state index in [-0.39, 0.29) is 0 Å². The third-order valence-electron chi connectivity index (χ3n) is 3.88. The highest BCUT2D eigenvalue weighted by Gasteiger charge is 2.44. The number of aryl methyl sites for hydroxylation is 2. The van der Waals surface area contributed by atoms with Crippen molar-refractivity contribution in [3.8, 4) is 0 Å². The minimum Gasteiger partial charge on any atom is -0.272 e. The van der Waals surface area contributed by atoms with Gasteiger partial charge in [0.25, 0.3) is 0 Å². The highest BCUT2D eigenvalue weighted by Crippen LogP contribution is 2.48. The predicted molar refractivity (Wildman–Crippen MR) is 64.7 cm³/mol. The summed E-state index contributed by atoms with van der Waals surface area (Å²) in [7, 11) is 2.01. The molecule has 0 spiro atoms. The number of hydrazine groups is 1. The maximum atomic E-state index is 5.66. The lowest BCUT2D eigenvalue weighted by molar-refractivity contribution is 0.353. The molecule has 0 amide bonds. The predicted octanol–water partition coefficient (Wildman–Crippen LogP) is 1.16. The molecular weight excluding hydrogens is 200 g/mol. The molecule has 16 heavy (non-hydrogen) atoms. The van der Waals surface area contributed by atoms with E-state index >= 15 is 0 Å². The van der Waals surface area contributed by atoms with Crippen molar-refractivity contribution in [3.05, 3.63) is 17.5 Å². The van der Waals surface area contributed by atoms with Gasteiger partial charge in [0.1, 0.15) is 0 Å². The van der Waals surface area contributed by atoms with Crippen LogP contribution in [0, 0.1) is 5.41 Å². The van der Waals surface area contributed by atoms with Gasteiger partial charge in [0.15, 0.2) is 0 Å². The van der Waals surface area contributed by atoms with Crippen molar-refractivity contribution in [2.24, 2.45) is 18.3 Å². The molecule has 0 bridgehead atoms. The lowest BCUT2D eigenvalue weighted by Gasteiger charge is -2.22. The van der Waals surface area contributed by atoms with Gasteiger partial charge in [-0.15, -0.1) is 0 Å². The Morgan fingerprint density at radius 3 is 2.75 bits per heavy atom. The first kappa shape index (κ1) is 11.6. The van der Waals surface area contributed by atoms with E-state index < -0.39 is 0 Å². The van der Waals surface area contributed by atoms with Gasteiger partial charge in [-0.2, -0.15) is 5.10 Å². The molecule has 1 aliphatic carbocycles. The van der Waals surface area contributed by atoms with Crippen LogP contribution in [-0.2, 0) is 19.9 Å². The summed E-state index contributed by atoms with van der Waals surface area (Å²) in [4.78, 5) is 0. The van der Waals surface area contributed by atoms with Crippen LogP contribution in [0.4, 0.5) is 0 Å². The molecule has 0 aromatic carbocycles. The van der Waals surface area contributed by atoms with Crippen LogP contribution in [0.2, 0.25) is 0 Å². The SMILES string of the molecule is CCc1cc(CC(NN)C2(C)CC2)n(C)n1. The molecule has 0 saturated heterocycles. The first-order valence-corrected chi connectivity index (χ1v) is 6.07. The van der Waals surface area contributed by atoms with Crippen LogP contribution < -0.4 is 11.3 Å². The van der Waals surface area contributed by atoms with Crippen LogP contribution in [0.15, 0.2) is 6.07 Å². The molecule has 4 nitrogen and oxygen atoms in total. The number of hydrogen-bond donors (Lipinski definition) is 2. The average Bonchev–Trinajstić information content (AvgIpc) is 2.90. The molecule has 1 aliphatic rings. The van der Waals surface area contributed by atoms with E-state index in [4.69, 9.17) is 5.84 Å². The topological polar surface area (TPSA) is 55.9 Å². The molecule has 90 valence electrons. The first-order valence-electron chi connectivity index (χ1n) is 6.07. The van der Waals surface area contributed by atoms with Crippen LogP contribution in [0.25, 0.3) is 0 Å². The van der Waals surface area contributed by atoms with E-state index in [0.29, 0.717) is 11.5 Å². The molecular formula is C12H22N4. The molecule has 2 rings (SSSR count). The number of hydrogen-bond acceptors (Lipinski definition) is 3. The number of aromatic nitrogens is 2. The van der Waals surface area contributed by atoms with E-state index in [0.717, 1.165) is 18.5 Å². The Bertz CT molecular complexity index is 365. The smallest absolute Gasteiger partial charge is 0.0624 e. The Kier molecular flexibility index (Phi) is 3.04.